The van der Waals surface area contributed by atoms with Crippen LogP contribution in [-0.2, 0) is 6.54 Å². The number of carbonyl (C=O) groups is 2. The van der Waals surface area contributed by atoms with Gasteiger partial charge in [0, 0.05) is 67.7 Å². The Labute approximate surface area is 418 Å². The zero-order chi connectivity index (χ0) is 51.4. The molecule has 376 valence electrons. The van der Waals surface area contributed by atoms with E-state index in [2.05, 4.69) is 99.9 Å². The quantitative estimate of drug-likeness (QED) is 0.117. The van der Waals surface area contributed by atoms with Crippen LogP contribution in [0.3, 0.4) is 0 Å². The van der Waals surface area contributed by atoms with Crippen molar-refractivity contribution in [1.29, 1.82) is 0 Å². The number of aromatic nitrogens is 1. The smallest absolute Gasteiger partial charge is 0.251 e. The van der Waals surface area contributed by atoms with Gasteiger partial charge in [0.25, 0.3) is 11.8 Å². The number of unbranched alkanes of at least 4 members (excludes halogenated alkanes) is 1. The fraction of sp³-hybridized carbons (Fsp3) is 0.426. The number of hydrogen-bond acceptors (Lipinski definition) is 5. The number of rotatable bonds is 15. The van der Waals surface area contributed by atoms with E-state index < -0.39 is 0 Å². The van der Waals surface area contributed by atoms with E-state index in [1.165, 1.54) is 37.8 Å². The van der Waals surface area contributed by atoms with Gasteiger partial charge < -0.3 is 15.5 Å². The highest BCUT2D eigenvalue weighted by molar-refractivity contribution is 5.96. The van der Waals surface area contributed by atoms with Gasteiger partial charge in [-0.1, -0.05) is 165 Å². The second kappa shape index (κ2) is 37.1. The van der Waals surface area contributed by atoms with Gasteiger partial charge in [0.15, 0.2) is 0 Å². The van der Waals surface area contributed by atoms with Gasteiger partial charge in [-0.15, -0.1) is 6.58 Å². The minimum atomic E-state index is -0.390. The number of nitrogens with one attached hydrogen (secondary N) is 2. The van der Waals surface area contributed by atoms with Crippen LogP contribution in [0.4, 0.5) is 10.2 Å². The third-order valence-corrected chi connectivity index (χ3v) is 10.8. The van der Waals surface area contributed by atoms with Crippen LogP contribution >= 0.6 is 0 Å². The van der Waals surface area contributed by atoms with Crippen LogP contribution in [0.25, 0.3) is 11.1 Å². The topological polar surface area (TPSA) is 77.6 Å². The summed E-state index contributed by atoms with van der Waals surface area (Å²) in [6.45, 7) is 36.1. The molecule has 0 unspecified atom stereocenters. The molecule has 3 aliphatic rings. The standard InChI is InChI=1S/C44H50FN5O2.C5H10.C4H6.2C3H8.C2H6/c1-5-9-12-33(7-3)35-14-11-15-36(28-35)43(51)47-38-20-24-49(25-21-38)31-32-16-19-42(46-30-32)50-26-22-39(23-27-50)48-44(52)37-17-18-41(45)40(29-37)34(8-4)13-10-6-2;1-3-5-4-2;1-4-2-3-4;2*1-3-2;1-2/h5-19,28-30,38-39H,3-4,20-27,31H2,1-2H3,(H,47,51)(H,48,52);3H,1,4-5H2,2H3;2H,3H2,1H3;2*3H2,1-2H3;1-2H3/b9-5-,10-6-,33-12+,34-13+;;;;;. The largest absolute Gasteiger partial charge is 0.356 e. The Kier molecular flexibility index (Phi) is 32.9. The molecule has 2 fully saturated rings. The second-order valence-corrected chi connectivity index (χ2v) is 17.0. The first-order chi connectivity index (χ1) is 33.4. The Balaban J connectivity index is 0.00000121. The molecule has 0 atom stereocenters. The normalized spacial score (nSPS) is 14.9. The van der Waals surface area contributed by atoms with Crippen molar-refractivity contribution in [3.8, 4) is 0 Å². The zero-order valence-corrected chi connectivity index (χ0v) is 44.3. The van der Waals surface area contributed by atoms with Gasteiger partial charge in [-0.05, 0) is 118 Å². The molecule has 3 aromatic rings. The summed E-state index contributed by atoms with van der Waals surface area (Å²) in [4.78, 5) is 35.6. The van der Waals surface area contributed by atoms with Gasteiger partial charge in [0.2, 0.25) is 0 Å². The molecular formula is C61H88FN5O2. The number of hydrogen-bond donors (Lipinski definition) is 2. The van der Waals surface area contributed by atoms with Crippen LogP contribution in [0, 0.1) is 5.82 Å². The van der Waals surface area contributed by atoms with Crippen LogP contribution < -0.4 is 15.5 Å². The van der Waals surface area contributed by atoms with Crippen LogP contribution in [0.15, 0.2) is 147 Å². The maximum atomic E-state index is 14.6. The molecule has 2 amide bonds. The van der Waals surface area contributed by atoms with Crippen molar-refractivity contribution in [2.75, 3.05) is 31.1 Å². The first-order valence-corrected chi connectivity index (χ1v) is 25.6. The molecule has 1 aliphatic carbocycles. The lowest BCUT2D eigenvalue weighted by Gasteiger charge is -2.34. The summed E-state index contributed by atoms with van der Waals surface area (Å²) in [5.41, 5.74) is 6.71. The number of benzene rings is 2. The first-order valence-electron chi connectivity index (χ1n) is 25.6. The molecule has 69 heavy (non-hydrogen) atoms. The molecule has 0 bridgehead atoms. The van der Waals surface area contributed by atoms with Crippen molar-refractivity contribution in [1.82, 2.24) is 20.5 Å². The number of likely N-dealkylation sites (tertiary alicyclic amines) is 1. The molecule has 2 saturated heterocycles. The predicted molar refractivity (Wildman–Crippen MR) is 298 cm³/mol. The summed E-state index contributed by atoms with van der Waals surface area (Å²) in [7, 11) is 0. The summed E-state index contributed by atoms with van der Waals surface area (Å²) in [5.74, 6) is 0.298. The van der Waals surface area contributed by atoms with E-state index in [4.69, 9.17) is 4.98 Å². The molecule has 7 nitrogen and oxygen atoms in total. The molecular weight excluding hydrogens is 854 g/mol. The van der Waals surface area contributed by atoms with Crippen molar-refractivity contribution >= 4 is 28.8 Å². The average molecular weight is 942 g/mol. The molecule has 0 spiro atoms. The Morgan fingerprint density at radius 1 is 0.739 bits per heavy atom. The lowest BCUT2D eigenvalue weighted by atomic mass is 10.0. The van der Waals surface area contributed by atoms with E-state index >= 15 is 0 Å². The number of halogens is 1. The van der Waals surface area contributed by atoms with Gasteiger partial charge in [0.05, 0.1) is 0 Å². The van der Waals surface area contributed by atoms with Crippen LogP contribution in [0.2, 0.25) is 0 Å². The number of carbonyl (C=O) groups excluding carboxylic acids is 2. The maximum Gasteiger partial charge on any atom is 0.251 e. The van der Waals surface area contributed by atoms with Gasteiger partial charge >= 0.3 is 0 Å². The van der Waals surface area contributed by atoms with Gasteiger partial charge in [-0.2, -0.15) is 0 Å². The number of pyridine rings is 1. The predicted octanol–water partition coefficient (Wildman–Crippen LogP) is 15.5. The zero-order valence-electron chi connectivity index (χ0n) is 44.3. The minimum Gasteiger partial charge on any atom is -0.356 e. The third kappa shape index (κ3) is 24.3. The molecule has 2 N–H and O–H groups in total. The lowest BCUT2D eigenvalue weighted by molar-refractivity contribution is 0.0906. The Hall–Kier alpha value is -5.86. The molecule has 8 heteroatoms. The van der Waals surface area contributed by atoms with E-state index in [-0.39, 0.29) is 29.7 Å². The number of nitrogens with zero attached hydrogens (tertiary/aromatic N) is 3. The van der Waals surface area contributed by atoms with Crippen molar-refractivity contribution < 1.29 is 14.0 Å². The monoisotopic (exact) mass is 942 g/mol. The molecule has 3 heterocycles. The second-order valence-electron chi connectivity index (χ2n) is 17.0. The highest BCUT2D eigenvalue weighted by atomic mass is 19.1. The maximum absolute atomic E-state index is 14.6. The Morgan fingerprint density at radius 3 is 1.70 bits per heavy atom. The van der Waals surface area contributed by atoms with Crippen molar-refractivity contribution in [3.05, 3.63) is 180 Å². The van der Waals surface area contributed by atoms with E-state index in [0.717, 1.165) is 87.3 Å². The average Bonchev–Trinajstić information content (AvgIpc) is 4.17. The number of allylic oxidation sites excluding steroid dienone is 13. The molecule has 6 rings (SSSR count). The van der Waals surface area contributed by atoms with Crippen molar-refractivity contribution in [3.63, 3.8) is 0 Å². The van der Waals surface area contributed by atoms with Crippen LogP contribution in [0.5, 0.6) is 0 Å². The van der Waals surface area contributed by atoms with Gasteiger partial charge in [0.1, 0.15) is 11.6 Å². The van der Waals surface area contributed by atoms with Crippen LogP contribution in [-0.4, -0.2) is 60.0 Å². The van der Waals surface area contributed by atoms with Crippen molar-refractivity contribution in [2.24, 2.45) is 0 Å². The number of amides is 2. The van der Waals surface area contributed by atoms with E-state index in [1.807, 2.05) is 94.6 Å². The Morgan fingerprint density at radius 2 is 1.25 bits per heavy atom. The fourth-order valence-electron chi connectivity index (χ4n) is 6.96. The molecule has 0 saturated carbocycles. The summed E-state index contributed by atoms with van der Waals surface area (Å²) in [6.07, 6.45) is 30.4. The van der Waals surface area contributed by atoms with Gasteiger partial charge in [-0.25, -0.2) is 9.37 Å². The highest BCUT2D eigenvalue weighted by Crippen LogP contribution is 2.24. The summed E-state index contributed by atoms with van der Waals surface area (Å²) < 4.78 is 14.6. The fourth-order valence-corrected chi connectivity index (χ4v) is 6.96. The first kappa shape index (κ1) is 61.2. The number of piperidine rings is 2. The third-order valence-electron chi connectivity index (χ3n) is 10.8. The molecule has 2 aromatic carbocycles. The number of anilines is 1. The Bertz CT molecular complexity index is 2110. The van der Waals surface area contributed by atoms with E-state index in [0.29, 0.717) is 22.3 Å². The SMILES string of the molecule is C=C/C(=C\C=C/C)c1cccc(C(=O)NC2CCN(Cc3ccc(N4CCC(NC(=O)c5ccc(F)c(/C(C=C)=C/C=C\C)c5)CC4)nc3)CC2)c1.C=CCCC.CC.CC1=CC1.CCC.CCC. The molecule has 1 aromatic heterocycles. The highest BCUT2D eigenvalue weighted by Gasteiger charge is 2.24. The molecule has 0 radical (unpaired) electrons. The summed E-state index contributed by atoms with van der Waals surface area (Å²) >= 11 is 0. The molecule has 2 aliphatic heterocycles. The van der Waals surface area contributed by atoms with Crippen LogP contribution in [0.1, 0.15) is 164 Å². The van der Waals surface area contributed by atoms with E-state index in [1.54, 1.807) is 29.9 Å². The lowest BCUT2D eigenvalue weighted by Crippen LogP contribution is -2.45. The summed E-state index contributed by atoms with van der Waals surface area (Å²) in [5, 5.41) is 6.38. The van der Waals surface area contributed by atoms with Gasteiger partial charge in [-0.3, -0.25) is 14.5 Å². The summed E-state index contributed by atoms with van der Waals surface area (Å²) in [6, 6.07) is 16.5. The van der Waals surface area contributed by atoms with E-state index in [9.17, 15) is 14.0 Å². The van der Waals surface area contributed by atoms with Crippen molar-refractivity contribution in [2.45, 2.75) is 146 Å². The minimum absolute atomic E-state index is 0.0299.